The van der Waals surface area contributed by atoms with Crippen molar-refractivity contribution in [2.75, 3.05) is 26.7 Å². The van der Waals surface area contributed by atoms with Gasteiger partial charge in [0.2, 0.25) is 5.91 Å². The highest BCUT2D eigenvalue weighted by atomic mass is 19.3. The minimum Gasteiger partial charge on any atom is -0.493 e. The number of hydrogen-bond acceptors (Lipinski definition) is 4. The zero-order chi connectivity index (χ0) is 21.3. The molecule has 0 saturated carbocycles. The molecule has 1 aliphatic heterocycles. The largest absolute Gasteiger partial charge is 0.493 e. The molecule has 5 nitrogen and oxygen atoms in total. The second-order valence-electron chi connectivity index (χ2n) is 7.01. The molecule has 0 bridgehead atoms. The Morgan fingerprint density at radius 1 is 1.13 bits per heavy atom. The Hall–Kier alpha value is -2.93. The molecule has 0 radical (unpaired) electrons. The van der Waals surface area contributed by atoms with Gasteiger partial charge in [-0.2, -0.15) is 8.78 Å². The topological polar surface area (TPSA) is 50.8 Å². The predicted octanol–water partition coefficient (Wildman–Crippen LogP) is 4.26. The van der Waals surface area contributed by atoms with Gasteiger partial charge in [-0.15, -0.1) is 0 Å². The summed E-state index contributed by atoms with van der Waals surface area (Å²) in [6, 6.07) is 14.9. The van der Waals surface area contributed by atoms with Crippen molar-refractivity contribution in [1.29, 1.82) is 0 Å². The Kier molecular flexibility index (Phi) is 7.79. The summed E-state index contributed by atoms with van der Waals surface area (Å²) in [5, 5.41) is 2.93. The summed E-state index contributed by atoms with van der Waals surface area (Å²) in [5.74, 6) is -0.227. The number of nitrogens with zero attached hydrogens (tertiary/aromatic N) is 1. The summed E-state index contributed by atoms with van der Waals surface area (Å²) < 4.78 is 35.2. The van der Waals surface area contributed by atoms with Crippen molar-refractivity contribution in [3.8, 4) is 11.5 Å². The van der Waals surface area contributed by atoms with E-state index in [1.54, 1.807) is 12.1 Å². The van der Waals surface area contributed by atoms with Gasteiger partial charge in [0, 0.05) is 18.2 Å². The van der Waals surface area contributed by atoms with Crippen molar-refractivity contribution in [3.63, 3.8) is 0 Å². The molecule has 1 amide bonds. The first-order chi connectivity index (χ1) is 14.6. The van der Waals surface area contributed by atoms with Gasteiger partial charge in [-0.25, -0.2) is 0 Å². The van der Waals surface area contributed by atoms with Gasteiger partial charge < -0.3 is 14.8 Å². The molecule has 0 aromatic heterocycles. The maximum atomic E-state index is 12.7. The third-order valence-corrected chi connectivity index (χ3v) is 5.09. The first-order valence-corrected chi connectivity index (χ1v) is 9.95. The monoisotopic (exact) mass is 416 g/mol. The zero-order valence-corrected chi connectivity index (χ0v) is 16.9. The maximum Gasteiger partial charge on any atom is 0.387 e. The summed E-state index contributed by atoms with van der Waals surface area (Å²) in [4.78, 5) is 14.8. The third-order valence-electron chi connectivity index (χ3n) is 5.09. The van der Waals surface area contributed by atoms with Gasteiger partial charge in [-0.1, -0.05) is 42.5 Å². The molecule has 3 rings (SSSR count). The Morgan fingerprint density at radius 2 is 1.87 bits per heavy atom. The van der Waals surface area contributed by atoms with E-state index < -0.39 is 6.61 Å². The van der Waals surface area contributed by atoms with Gasteiger partial charge in [0.25, 0.3) is 0 Å². The second kappa shape index (κ2) is 10.7. The van der Waals surface area contributed by atoms with Crippen LogP contribution in [0.1, 0.15) is 30.0 Å². The number of benzene rings is 2. The second-order valence-corrected chi connectivity index (χ2v) is 7.01. The van der Waals surface area contributed by atoms with Crippen LogP contribution in [0.15, 0.2) is 54.6 Å². The molecule has 1 saturated heterocycles. The number of ether oxygens (including phenoxy) is 2. The first kappa shape index (κ1) is 21.8. The number of likely N-dealkylation sites (tertiary alicyclic amines) is 1. The number of hydrogen-bond donors (Lipinski definition) is 1. The van der Waals surface area contributed by atoms with E-state index in [1.807, 2.05) is 18.2 Å². The predicted molar refractivity (Wildman–Crippen MR) is 112 cm³/mol. The van der Waals surface area contributed by atoms with E-state index in [2.05, 4.69) is 27.1 Å². The van der Waals surface area contributed by atoms with E-state index in [0.29, 0.717) is 12.1 Å². The molecular formula is C23H26F2N2O3. The highest BCUT2D eigenvalue weighted by Crippen LogP contribution is 2.33. The molecule has 1 fully saturated rings. The Morgan fingerprint density at radius 3 is 2.53 bits per heavy atom. The lowest BCUT2D eigenvalue weighted by Crippen LogP contribution is -2.36. The van der Waals surface area contributed by atoms with Crippen molar-refractivity contribution < 1.29 is 23.0 Å². The molecule has 1 unspecified atom stereocenters. The normalized spacial score (nSPS) is 15.5. The Bertz CT molecular complexity index is 853. The van der Waals surface area contributed by atoms with E-state index in [0.717, 1.165) is 31.5 Å². The molecule has 0 aliphatic carbocycles. The van der Waals surface area contributed by atoms with E-state index in [4.69, 9.17) is 4.74 Å². The number of para-hydroxylation sites is 1. The van der Waals surface area contributed by atoms with Crippen molar-refractivity contribution in [2.45, 2.75) is 25.5 Å². The standard InChI is InChI=1S/C23H26F2N2O3/c1-29-20-11-7-10-18(22(20)30-23(24)25)12-13-21(28)26-16-19(27-14-5-6-15-27)17-8-3-2-4-9-17/h2-4,7-13,19,23H,5-6,14-16H2,1H3,(H,26,28). The minimum absolute atomic E-state index is 0.0978. The van der Waals surface area contributed by atoms with Gasteiger partial charge in [0.15, 0.2) is 11.5 Å². The molecule has 2 aromatic carbocycles. The number of amides is 1. The number of alkyl halides is 2. The van der Waals surface area contributed by atoms with Crippen molar-refractivity contribution in [3.05, 3.63) is 65.7 Å². The molecule has 1 aliphatic rings. The van der Waals surface area contributed by atoms with Crippen molar-refractivity contribution in [1.82, 2.24) is 10.2 Å². The van der Waals surface area contributed by atoms with E-state index in [9.17, 15) is 13.6 Å². The average molecular weight is 416 g/mol. The van der Waals surface area contributed by atoms with Crippen LogP contribution in [-0.4, -0.2) is 44.2 Å². The van der Waals surface area contributed by atoms with E-state index in [1.165, 1.54) is 25.3 Å². The van der Waals surface area contributed by atoms with Crippen LogP contribution in [0.3, 0.4) is 0 Å². The Labute approximate surface area is 175 Å². The number of rotatable bonds is 9. The van der Waals surface area contributed by atoms with Crippen LogP contribution in [0, 0.1) is 0 Å². The van der Waals surface area contributed by atoms with Gasteiger partial charge in [-0.05, 0) is 43.6 Å². The molecule has 1 heterocycles. The maximum absolute atomic E-state index is 12.7. The SMILES string of the molecule is COc1cccc(C=CC(=O)NCC(c2ccccc2)N2CCCC2)c1OC(F)F. The minimum atomic E-state index is -2.99. The quantitative estimate of drug-likeness (QED) is 0.621. The highest BCUT2D eigenvalue weighted by Gasteiger charge is 2.23. The first-order valence-electron chi connectivity index (χ1n) is 9.95. The third kappa shape index (κ3) is 5.79. The average Bonchev–Trinajstić information content (AvgIpc) is 3.28. The van der Waals surface area contributed by atoms with E-state index in [-0.39, 0.29) is 23.4 Å². The van der Waals surface area contributed by atoms with Gasteiger partial charge in [-0.3, -0.25) is 9.69 Å². The van der Waals surface area contributed by atoms with Crippen molar-refractivity contribution in [2.24, 2.45) is 0 Å². The van der Waals surface area contributed by atoms with Crippen LogP contribution in [0.25, 0.3) is 6.08 Å². The lowest BCUT2D eigenvalue weighted by molar-refractivity contribution is -0.116. The Balaban J connectivity index is 1.68. The number of halogens is 2. The fraction of sp³-hybridized carbons (Fsp3) is 0.348. The van der Waals surface area contributed by atoms with Crippen LogP contribution in [0.2, 0.25) is 0 Å². The number of nitrogens with one attached hydrogen (secondary N) is 1. The van der Waals surface area contributed by atoms with Gasteiger partial charge >= 0.3 is 6.61 Å². The molecule has 1 N–H and O–H groups in total. The summed E-state index contributed by atoms with van der Waals surface area (Å²) in [6.07, 6.45) is 5.07. The number of methoxy groups -OCH3 is 1. The van der Waals surface area contributed by atoms with E-state index >= 15 is 0 Å². The number of carbonyl (C=O) groups excluding carboxylic acids is 1. The molecule has 160 valence electrons. The molecule has 0 spiro atoms. The van der Waals surface area contributed by atoms with Crippen LogP contribution < -0.4 is 14.8 Å². The lowest BCUT2D eigenvalue weighted by Gasteiger charge is -2.28. The molecular weight excluding hydrogens is 390 g/mol. The van der Waals surface area contributed by atoms with Crippen LogP contribution >= 0.6 is 0 Å². The molecule has 30 heavy (non-hydrogen) atoms. The zero-order valence-electron chi connectivity index (χ0n) is 16.9. The summed E-state index contributed by atoms with van der Waals surface area (Å²) in [7, 11) is 1.37. The summed E-state index contributed by atoms with van der Waals surface area (Å²) in [6.45, 7) is -0.521. The lowest BCUT2D eigenvalue weighted by atomic mass is 10.1. The van der Waals surface area contributed by atoms with Gasteiger partial charge in [0.1, 0.15) is 0 Å². The summed E-state index contributed by atoms with van der Waals surface area (Å²) in [5.41, 5.74) is 1.49. The molecule has 7 heteroatoms. The highest BCUT2D eigenvalue weighted by molar-refractivity contribution is 5.92. The fourth-order valence-electron chi connectivity index (χ4n) is 3.65. The summed E-state index contributed by atoms with van der Waals surface area (Å²) >= 11 is 0. The van der Waals surface area contributed by atoms with Crippen LogP contribution in [0.5, 0.6) is 11.5 Å². The van der Waals surface area contributed by atoms with Crippen LogP contribution in [-0.2, 0) is 4.79 Å². The molecule has 2 aromatic rings. The fourth-order valence-corrected chi connectivity index (χ4v) is 3.65. The number of carbonyl (C=O) groups is 1. The smallest absolute Gasteiger partial charge is 0.387 e. The van der Waals surface area contributed by atoms with Crippen LogP contribution in [0.4, 0.5) is 8.78 Å². The molecule has 1 atom stereocenters. The van der Waals surface area contributed by atoms with Gasteiger partial charge in [0.05, 0.1) is 13.2 Å². The van der Waals surface area contributed by atoms with Crippen molar-refractivity contribution >= 4 is 12.0 Å².